The molecule has 3 N–H and O–H groups in total. The van der Waals surface area contributed by atoms with E-state index in [-0.39, 0.29) is 11.9 Å². The minimum absolute atomic E-state index is 0.0126. The largest absolute Gasteiger partial charge is 0.329 e. The summed E-state index contributed by atoms with van der Waals surface area (Å²) >= 11 is 5.90. The average molecular weight is 279 g/mol. The summed E-state index contributed by atoms with van der Waals surface area (Å²) in [5.74, 6) is -0.238. The smallest absolute Gasteiger partial charge is 0.123 e. The van der Waals surface area contributed by atoms with Crippen molar-refractivity contribution >= 4 is 11.6 Å². The molecule has 100 valence electrons. The molecule has 0 heterocycles. The number of nitrogens with one attached hydrogen (secondary N) is 1. The van der Waals surface area contributed by atoms with Crippen molar-refractivity contribution in [3.8, 4) is 0 Å². The molecule has 0 radical (unpaired) electrons. The first-order valence-corrected chi connectivity index (χ1v) is 6.53. The van der Waals surface area contributed by atoms with Gasteiger partial charge in [0.15, 0.2) is 0 Å². The van der Waals surface area contributed by atoms with Crippen LogP contribution >= 0.6 is 11.6 Å². The summed E-state index contributed by atoms with van der Waals surface area (Å²) in [6, 6.07) is 14.1. The van der Waals surface area contributed by atoms with Crippen LogP contribution in [0.4, 0.5) is 4.39 Å². The molecule has 0 bridgehead atoms. The number of benzene rings is 2. The normalized spacial score (nSPS) is 12.4. The molecular formula is C15H16ClFN2. The summed E-state index contributed by atoms with van der Waals surface area (Å²) in [7, 11) is 0. The van der Waals surface area contributed by atoms with Gasteiger partial charge in [0.05, 0.1) is 6.04 Å². The predicted octanol–water partition coefficient (Wildman–Crippen LogP) is 3.12. The summed E-state index contributed by atoms with van der Waals surface area (Å²) < 4.78 is 13.0. The second kappa shape index (κ2) is 6.66. The van der Waals surface area contributed by atoms with Gasteiger partial charge in [0, 0.05) is 18.1 Å². The lowest BCUT2D eigenvalue weighted by Gasteiger charge is -2.19. The molecule has 0 saturated heterocycles. The van der Waals surface area contributed by atoms with E-state index >= 15 is 0 Å². The number of nitrogens with two attached hydrogens (primary N) is 1. The topological polar surface area (TPSA) is 38.0 Å². The Morgan fingerprint density at radius 3 is 2.05 bits per heavy atom. The van der Waals surface area contributed by atoms with Crippen molar-refractivity contribution in [1.82, 2.24) is 5.32 Å². The standard InChI is InChI=1S/C15H16ClFN2/c16-13-5-1-11(2-6-13)15(19-10-9-18)12-3-7-14(17)8-4-12/h1-8,15,19H,9-10,18H2. The fourth-order valence-electron chi connectivity index (χ4n) is 1.97. The zero-order valence-corrected chi connectivity index (χ0v) is 11.2. The Balaban J connectivity index is 2.29. The van der Waals surface area contributed by atoms with Crippen molar-refractivity contribution in [2.24, 2.45) is 5.73 Å². The predicted molar refractivity (Wildman–Crippen MR) is 76.8 cm³/mol. The van der Waals surface area contributed by atoms with Gasteiger partial charge in [-0.15, -0.1) is 0 Å². The fourth-order valence-corrected chi connectivity index (χ4v) is 2.09. The number of hydrogen-bond acceptors (Lipinski definition) is 2. The summed E-state index contributed by atoms with van der Waals surface area (Å²) in [5, 5.41) is 4.05. The maximum Gasteiger partial charge on any atom is 0.123 e. The van der Waals surface area contributed by atoms with Crippen molar-refractivity contribution in [1.29, 1.82) is 0 Å². The number of rotatable bonds is 5. The van der Waals surface area contributed by atoms with E-state index in [1.807, 2.05) is 24.3 Å². The lowest BCUT2D eigenvalue weighted by atomic mass is 9.98. The molecule has 2 aromatic carbocycles. The van der Waals surface area contributed by atoms with Gasteiger partial charge in [-0.25, -0.2) is 4.39 Å². The third kappa shape index (κ3) is 3.77. The molecule has 0 amide bonds. The Hall–Kier alpha value is -1.42. The Bertz CT molecular complexity index is 465. The second-order valence-electron chi connectivity index (χ2n) is 4.28. The van der Waals surface area contributed by atoms with Crippen LogP contribution in [0.1, 0.15) is 17.2 Å². The van der Waals surface area contributed by atoms with Crippen LogP contribution in [0.15, 0.2) is 48.5 Å². The molecule has 0 aromatic heterocycles. The number of halogens is 2. The SMILES string of the molecule is NCCNC(c1ccc(F)cc1)c1ccc(Cl)cc1. The summed E-state index contributed by atoms with van der Waals surface area (Å²) in [4.78, 5) is 0. The van der Waals surface area contributed by atoms with Crippen LogP contribution in [0.5, 0.6) is 0 Å². The monoisotopic (exact) mass is 278 g/mol. The van der Waals surface area contributed by atoms with E-state index in [1.54, 1.807) is 12.1 Å². The lowest BCUT2D eigenvalue weighted by Crippen LogP contribution is -2.28. The third-order valence-corrected chi connectivity index (χ3v) is 3.15. The highest BCUT2D eigenvalue weighted by molar-refractivity contribution is 6.30. The Kier molecular flexibility index (Phi) is 4.91. The van der Waals surface area contributed by atoms with E-state index in [0.29, 0.717) is 18.1 Å². The van der Waals surface area contributed by atoms with Crippen molar-refractivity contribution in [2.45, 2.75) is 6.04 Å². The molecule has 0 fully saturated rings. The minimum atomic E-state index is -0.238. The first-order chi connectivity index (χ1) is 9.20. The zero-order valence-electron chi connectivity index (χ0n) is 10.4. The Morgan fingerprint density at radius 2 is 1.53 bits per heavy atom. The van der Waals surface area contributed by atoms with Gasteiger partial charge in [-0.05, 0) is 35.4 Å². The van der Waals surface area contributed by atoms with E-state index in [9.17, 15) is 4.39 Å². The minimum Gasteiger partial charge on any atom is -0.329 e. The lowest BCUT2D eigenvalue weighted by molar-refractivity contribution is 0.603. The molecule has 2 rings (SSSR count). The van der Waals surface area contributed by atoms with E-state index < -0.39 is 0 Å². The zero-order chi connectivity index (χ0) is 13.7. The first kappa shape index (κ1) is 14.0. The highest BCUT2D eigenvalue weighted by Gasteiger charge is 2.13. The first-order valence-electron chi connectivity index (χ1n) is 6.15. The van der Waals surface area contributed by atoms with Crippen LogP contribution in [-0.2, 0) is 0 Å². The van der Waals surface area contributed by atoms with Crippen LogP contribution in [0.3, 0.4) is 0 Å². The molecule has 19 heavy (non-hydrogen) atoms. The van der Waals surface area contributed by atoms with Gasteiger partial charge in [0.1, 0.15) is 5.82 Å². The van der Waals surface area contributed by atoms with Crippen molar-refractivity contribution in [3.05, 3.63) is 70.5 Å². The van der Waals surface area contributed by atoms with Crippen molar-refractivity contribution in [3.63, 3.8) is 0 Å². The average Bonchev–Trinajstić information content (AvgIpc) is 2.43. The highest BCUT2D eigenvalue weighted by Crippen LogP contribution is 2.23. The van der Waals surface area contributed by atoms with Crippen LogP contribution in [0.2, 0.25) is 5.02 Å². The van der Waals surface area contributed by atoms with Gasteiger partial charge >= 0.3 is 0 Å². The molecular weight excluding hydrogens is 263 g/mol. The summed E-state index contributed by atoms with van der Waals surface area (Å²) in [6.45, 7) is 1.23. The molecule has 4 heteroatoms. The summed E-state index contributed by atoms with van der Waals surface area (Å²) in [5.41, 5.74) is 7.61. The van der Waals surface area contributed by atoms with Crippen LogP contribution < -0.4 is 11.1 Å². The fraction of sp³-hybridized carbons (Fsp3) is 0.200. The van der Waals surface area contributed by atoms with Gasteiger partial charge in [-0.2, -0.15) is 0 Å². The van der Waals surface area contributed by atoms with Gasteiger partial charge in [-0.1, -0.05) is 35.9 Å². The van der Waals surface area contributed by atoms with Crippen molar-refractivity contribution < 1.29 is 4.39 Å². The Labute approximate surface area is 117 Å². The van der Waals surface area contributed by atoms with E-state index in [0.717, 1.165) is 11.1 Å². The number of hydrogen-bond donors (Lipinski definition) is 2. The maximum atomic E-state index is 13.0. The maximum absolute atomic E-state index is 13.0. The van der Waals surface area contributed by atoms with Crippen LogP contribution in [0, 0.1) is 5.82 Å². The van der Waals surface area contributed by atoms with E-state index in [4.69, 9.17) is 17.3 Å². The molecule has 0 aliphatic rings. The van der Waals surface area contributed by atoms with Crippen LogP contribution in [-0.4, -0.2) is 13.1 Å². The van der Waals surface area contributed by atoms with Gasteiger partial charge in [0.2, 0.25) is 0 Å². The van der Waals surface area contributed by atoms with Gasteiger partial charge in [-0.3, -0.25) is 0 Å². The highest BCUT2D eigenvalue weighted by atomic mass is 35.5. The molecule has 0 spiro atoms. The van der Waals surface area contributed by atoms with Gasteiger partial charge in [0.25, 0.3) is 0 Å². The molecule has 0 aliphatic heterocycles. The van der Waals surface area contributed by atoms with Crippen LogP contribution in [0.25, 0.3) is 0 Å². The van der Waals surface area contributed by atoms with E-state index in [2.05, 4.69) is 5.32 Å². The summed E-state index contributed by atoms with van der Waals surface area (Å²) in [6.07, 6.45) is 0. The van der Waals surface area contributed by atoms with Crippen molar-refractivity contribution in [2.75, 3.05) is 13.1 Å². The van der Waals surface area contributed by atoms with Gasteiger partial charge < -0.3 is 11.1 Å². The molecule has 0 aliphatic carbocycles. The second-order valence-corrected chi connectivity index (χ2v) is 4.72. The Morgan fingerprint density at radius 1 is 1.00 bits per heavy atom. The van der Waals surface area contributed by atoms with E-state index in [1.165, 1.54) is 12.1 Å². The molecule has 2 aromatic rings. The third-order valence-electron chi connectivity index (χ3n) is 2.90. The molecule has 1 atom stereocenters. The molecule has 0 saturated carbocycles. The molecule has 1 unspecified atom stereocenters. The molecule has 2 nitrogen and oxygen atoms in total. The quantitative estimate of drug-likeness (QED) is 0.882.